The average Bonchev–Trinajstić information content (AvgIpc) is 2.80. The van der Waals surface area contributed by atoms with Gasteiger partial charge in [0.1, 0.15) is 11.6 Å². The number of nitrogens with zero attached hydrogens (tertiary/aromatic N) is 2. The SMILES string of the molecule is O=C(NCc1ccc(Br)cc1)c1cccc(-c2cnc(Oc3ccc(F)cc3)nc2)c1. The van der Waals surface area contributed by atoms with Crippen LogP contribution in [0.4, 0.5) is 4.39 Å². The first-order valence-electron chi connectivity index (χ1n) is 9.45. The highest BCUT2D eigenvalue weighted by atomic mass is 79.9. The predicted octanol–water partition coefficient (Wildman–Crippen LogP) is 5.77. The van der Waals surface area contributed by atoms with Crippen molar-refractivity contribution >= 4 is 21.8 Å². The Labute approximate surface area is 187 Å². The minimum atomic E-state index is -0.343. The van der Waals surface area contributed by atoms with Gasteiger partial charge in [0.25, 0.3) is 5.91 Å². The molecule has 0 saturated carbocycles. The Morgan fingerprint density at radius 3 is 2.35 bits per heavy atom. The maximum absolute atomic E-state index is 13.0. The monoisotopic (exact) mass is 477 g/mol. The number of benzene rings is 3. The van der Waals surface area contributed by atoms with E-state index >= 15 is 0 Å². The highest BCUT2D eigenvalue weighted by Gasteiger charge is 2.09. The van der Waals surface area contributed by atoms with Crippen LogP contribution in [0.2, 0.25) is 0 Å². The molecule has 0 unspecified atom stereocenters. The van der Waals surface area contributed by atoms with E-state index < -0.39 is 0 Å². The van der Waals surface area contributed by atoms with Gasteiger partial charge in [0.15, 0.2) is 0 Å². The second-order valence-electron chi connectivity index (χ2n) is 6.70. The van der Waals surface area contributed by atoms with Gasteiger partial charge >= 0.3 is 6.01 Å². The first-order valence-corrected chi connectivity index (χ1v) is 10.2. The van der Waals surface area contributed by atoms with E-state index in [9.17, 15) is 9.18 Å². The second-order valence-corrected chi connectivity index (χ2v) is 7.62. The van der Waals surface area contributed by atoms with Crippen molar-refractivity contribution in [3.05, 3.63) is 107 Å². The summed E-state index contributed by atoms with van der Waals surface area (Å²) in [6, 6.07) is 20.8. The Bertz CT molecular complexity index is 1180. The first kappa shape index (κ1) is 20.7. The molecule has 1 amide bonds. The van der Waals surface area contributed by atoms with Crippen molar-refractivity contribution in [1.82, 2.24) is 15.3 Å². The van der Waals surface area contributed by atoms with Crippen LogP contribution in [0.1, 0.15) is 15.9 Å². The molecule has 0 spiro atoms. The molecule has 0 saturated heterocycles. The van der Waals surface area contributed by atoms with E-state index in [1.54, 1.807) is 24.5 Å². The van der Waals surface area contributed by atoms with Gasteiger partial charge in [-0.05, 0) is 59.7 Å². The molecule has 0 fully saturated rings. The number of nitrogens with one attached hydrogen (secondary N) is 1. The summed E-state index contributed by atoms with van der Waals surface area (Å²) in [7, 11) is 0. The molecule has 0 atom stereocenters. The van der Waals surface area contributed by atoms with Gasteiger partial charge in [-0.1, -0.05) is 40.2 Å². The predicted molar refractivity (Wildman–Crippen MR) is 119 cm³/mol. The van der Waals surface area contributed by atoms with Gasteiger partial charge in [0.2, 0.25) is 0 Å². The number of aromatic nitrogens is 2. The molecule has 0 radical (unpaired) electrons. The molecule has 7 heteroatoms. The molecule has 4 rings (SSSR count). The third-order valence-corrected chi connectivity index (χ3v) is 5.00. The minimum Gasteiger partial charge on any atom is -0.424 e. The zero-order chi connectivity index (χ0) is 21.6. The normalized spacial score (nSPS) is 10.5. The van der Waals surface area contributed by atoms with Crippen molar-refractivity contribution in [3.63, 3.8) is 0 Å². The lowest BCUT2D eigenvalue weighted by molar-refractivity contribution is 0.0951. The number of carbonyl (C=O) groups is 1. The van der Waals surface area contributed by atoms with Crippen molar-refractivity contribution in [1.29, 1.82) is 0 Å². The summed E-state index contributed by atoms with van der Waals surface area (Å²) in [6.07, 6.45) is 3.23. The van der Waals surface area contributed by atoms with Crippen LogP contribution in [0.15, 0.2) is 89.7 Å². The first-order chi connectivity index (χ1) is 15.1. The summed E-state index contributed by atoms with van der Waals surface area (Å²) >= 11 is 3.40. The van der Waals surface area contributed by atoms with Gasteiger partial charge in [0.05, 0.1) is 0 Å². The van der Waals surface area contributed by atoms with Crippen LogP contribution in [0, 0.1) is 5.82 Å². The number of amides is 1. The van der Waals surface area contributed by atoms with E-state index in [0.29, 0.717) is 17.9 Å². The molecule has 0 aliphatic heterocycles. The Morgan fingerprint density at radius 1 is 0.935 bits per heavy atom. The number of ether oxygens (including phenoxy) is 1. The molecule has 3 aromatic carbocycles. The van der Waals surface area contributed by atoms with E-state index in [4.69, 9.17) is 4.74 Å². The van der Waals surface area contributed by atoms with Crippen molar-refractivity contribution in [2.45, 2.75) is 6.54 Å². The zero-order valence-electron chi connectivity index (χ0n) is 16.3. The number of halogens is 2. The molecule has 1 N–H and O–H groups in total. The van der Waals surface area contributed by atoms with Gasteiger partial charge in [-0.2, -0.15) is 0 Å². The molecule has 0 bridgehead atoms. The van der Waals surface area contributed by atoms with Gasteiger partial charge < -0.3 is 10.1 Å². The summed E-state index contributed by atoms with van der Waals surface area (Å²) in [4.78, 5) is 20.9. The Hall–Kier alpha value is -3.58. The van der Waals surface area contributed by atoms with E-state index in [1.807, 2.05) is 36.4 Å². The number of hydrogen-bond acceptors (Lipinski definition) is 4. The molecule has 5 nitrogen and oxygen atoms in total. The lowest BCUT2D eigenvalue weighted by atomic mass is 10.1. The van der Waals surface area contributed by atoms with Crippen LogP contribution in [-0.2, 0) is 6.54 Å². The Balaban J connectivity index is 1.42. The summed E-state index contributed by atoms with van der Waals surface area (Å²) in [5.41, 5.74) is 3.11. The van der Waals surface area contributed by atoms with Crippen LogP contribution in [0.5, 0.6) is 11.8 Å². The van der Waals surface area contributed by atoms with E-state index in [0.717, 1.165) is 21.2 Å². The maximum atomic E-state index is 13.0. The average molecular weight is 478 g/mol. The van der Waals surface area contributed by atoms with Crippen LogP contribution in [-0.4, -0.2) is 15.9 Å². The Morgan fingerprint density at radius 2 is 1.65 bits per heavy atom. The largest absolute Gasteiger partial charge is 0.424 e. The molecule has 0 aliphatic carbocycles. The van der Waals surface area contributed by atoms with E-state index in [-0.39, 0.29) is 17.7 Å². The third-order valence-electron chi connectivity index (χ3n) is 4.48. The standard InChI is InChI=1S/C24H17BrFN3O2/c25-20-6-4-16(5-7-20)13-27-23(30)18-3-1-2-17(12-18)19-14-28-24(29-15-19)31-22-10-8-21(26)9-11-22/h1-12,14-15H,13H2,(H,27,30). The maximum Gasteiger partial charge on any atom is 0.321 e. The van der Waals surface area contributed by atoms with Crippen LogP contribution >= 0.6 is 15.9 Å². The number of rotatable bonds is 6. The molecule has 4 aromatic rings. The van der Waals surface area contributed by atoms with Crippen LogP contribution < -0.4 is 10.1 Å². The quantitative estimate of drug-likeness (QED) is 0.382. The smallest absolute Gasteiger partial charge is 0.321 e. The molecule has 1 heterocycles. The fourth-order valence-corrected chi connectivity index (χ4v) is 3.12. The molecular weight excluding hydrogens is 461 g/mol. The highest BCUT2D eigenvalue weighted by molar-refractivity contribution is 9.10. The number of carbonyl (C=O) groups excluding carboxylic acids is 1. The fourth-order valence-electron chi connectivity index (χ4n) is 2.85. The van der Waals surface area contributed by atoms with Gasteiger partial charge in [0, 0.05) is 34.5 Å². The highest BCUT2D eigenvalue weighted by Crippen LogP contribution is 2.22. The van der Waals surface area contributed by atoms with Gasteiger partial charge in [-0.25, -0.2) is 14.4 Å². The Kier molecular flexibility index (Phi) is 6.33. The molecular formula is C24H17BrFN3O2. The van der Waals surface area contributed by atoms with Crippen LogP contribution in [0.25, 0.3) is 11.1 Å². The number of hydrogen-bond donors (Lipinski definition) is 1. The van der Waals surface area contributed by atoms with Crippen molar-refractivity contribution in [2.75, 3.05) is 0 Å². The topological polar surface area (TPSA) is 64.1 Å². The third kappa shape index (κ3) is 5.52. The summed E-state index contributed by atoms with van der Waals surface area (Å²) < 4.78 is 19.5. The van der Waals surface area contributed by atoms with E-state index in [1.165, 1.54) is 24.3 Å². The van der Waals surface area contributed by atoms with Crippen molar-refractivity contribution < 1.29 is 13.9 Å². The summed E-state index contributed by atoms with van der Waals surface area (Å²) in [6.45, 7) is 0.439. The zero-order valence-corrected chi connectivity index (χ0v) is 17.8. The molecule has 0 aliphatic rings. The molecule has 154 valence electrons. The van der Waals surface area contributed by atoms with Crippen LogP contribution in [0.3, 0.4) is 0 Å². The van der Waals surface area contributed by atoms with Crippen molar-refractivity contribution in [3.8, 4) is 22.9 Å². The fraction of sp³-hybridized carbons (Fsp3) is 0.0417. The van der Waals surface area contributed by atoms with Gasteiger partial charge in [-0.15, -0.1) is 0 Å². The molecule has 31 heavy (non-hydrogen) atoms. The van der Waals surface area contributed by atoms with Crippen molar-refractivity contribution in [2.24, 2.45) is 0 Å². The minimum absolute atomic E-state index is 0.152. The lowest BCUT2D eigenvalue weighted by Crippen LogP contribution is -2.22. The van der Waals surface area contributed by atoms with E-state index in [2.05, 4.69) is 31.2 Å². The second kappa shape index (κ2) is 9.49. The van der Waals surface area contributed by atoms with Gasteiger partial charge in [-0.3, -0.25) is 4.79 Å². The summed E-state index contributed by atoms with van der Waals surface area (Å²) in [5.74, 6) is -0.0649. The summed E-state index contributed by atoms with van der Waals surface area (Å²) in [5, 5.41) is 2.92. The molecule has 1 aromatic heterocycles. The lowest BCUT2D eigenvalue weighted by Gasteiger charge is -2.08.